The van der Waals surface area contributed by atoms with Crippen LogP contribution in [0.5, 0.6) is 0 Å². The molecule has 1 saturated heterocycles. The summed E-state index contributed by atoms with van der Waals surface area (Å²) in [7, 11) is 0. The van der Waals surface area contributed by atoms with Crippen molar-refractivity contribution in [1.82, 2.24) is 5.32 Å². The van der Waals surface area contributed by atoms with E-state index in [4.69, 9.17) is 14.2 Å². The largest absolute Gasteiger partial charge is 0.466 e. The third-order valence-corrected chi connectivity index (χ3v) is 17.1. The Kier molecular flexibility index (Phi) is 58.0. The lowest BCUT2D eigenvalue weighted by molar-refractivity contribution is -0.302. The Morgan fingerprint density at radius 2 is 0.780 bits per heavy atom. The summed E-state index contributed by atoms with van der Waals surface area (Å²) in [6, 6.07) is -0.806. The van der Waals surface area contributed by atoms with Crippen molar-refractivity contribution in [3.05, 3.63) is 24.3 Å². The van der Waals surface area contributed by atoms with Gasteiger partial charge in [0.15, 0.2) is 6.29 Å². The molecule has 82 heavy (non-hydrogen) atoms. The molecule has 11 nitrogen and oxygen atoms in total. The predicted molar refractivity (Wildman–Crippen MR) is 343 cm³/mol. The van der Waals surface area contributed by atoms with Crippen LogP contribution in [0.1, 0.15) is 354 Å². The molecule has 1 aliphatic rings. The maximum Gasteiger partial charge on any atom is 0.305 e. The van der Waals surface area contributed by atoms with Crippen molar-refractivity contribution in [1.29, 1.82) is 0 Å². The van der Waals surface area contributed by atoms with E-state index in [1.54, 1.807) is 6.08 Å². The standard InChI is InChI=1S/C71H135NO10/c1-3-5-7-9-11-13-14-35-39-43-47-51-55-59-67(76)80-60-56-52-48-44-40-37-34-32-30-28-26-24-22-20-18-16-15-17-19-21-23-25-27-29-31-33-36-38-42-46-50-54-58-66(75)72-63(64(74)57-53-49-45-41-12-10-8-6-4-2)62-81-71-70(79)69(78)68(77)65(61-73)82-71/h18,20,53,57,63-65,68-71,73-74,77-79H,3-17,19,21-52,54-56,58-62H2,1-2H3,(H,72,75)/b20-18-,57-53+. The Balaban J connectivity index is 1.90. The zero-order valence-electron chi connectivity index (χ0n) is 53.7. The van der Waals surface area contributed by atoms with Crippen LogP contribution in [0.2, 0.25) is 0 Å². The zero-order chi connectivity index (χ0) is 59.5. The minimum Gasteiger partial charge on any atom is -0.466 e. The van der Waals surface area contributed by atoms with Crippen molar-refractivity contribution in [2.75, 3.05) is 19.8 Å². The molecular weight excluding hydrogens is 1030 g/mol. The molecular formula is C71H135NO10. The second kappa shape index (κ2) is 60.8. The molecule has 0 aromatic rings. The van der Waals surface area contributed by atoms with Gasteiger partial charge in [0, 0.05) is 12.8 Å². The summed E-state index contributed by atoms with van der Waals surface area (Å²) in [5.74, 6) is -0.167. The number of ether oxygens (including phenoxy) is 3. The van der Waals surface area contributed by atoms with Crippen LogP contribution in [0.3, 0.4) is 0 Å². The van der Waals surface area contributed by atoms with E-state index in [2.05, 4.69) is 31.3 Å². The highest BCUT2D eigenvalue weighted by Crippen LogP contribution is 2.23. The number of aliphatic hydroxyl groups excluding tert-OH is 5. The number of hydrogen-bond acceptors (Lipinski definition) is 10. The average molecular weight is 1160 g/mol. The summed E-state index contributed by atoms with van der Waals surface area (Å²) in [5, 5.41) is 54.3. The Morgan fingerprint density at radius 3 is 1.17 bits per heavy atom. The Bertz CT molecular complexity index is 1410. The monoisotopic (exact) mass is 1160 g/mol. The van der Waals surface area contributed by atoms with Crippen LogP contribution in [0.15, 0.2) is 24.3 Å². The summed E-state index contributed by atoms with van der Waals surface area (Å²) in [5.41, 5.74) is 0. The van der Waals surface area contributed by atoms with Crippen LogP contribution < -0.4 is 5.32 Å². The molecule has 11 heteroatoms. The van der Waals surface area contributed by atoms with Crippen molar-refractivity contribution >= 4 is 11.9 Å². The molecule has 0 radical (unpaired) electrons. The second-order valence-corrected chi connectivity index (χ2v) is 24.9. The molecule has 1 rings (SSSR count). The van der Waals surface area contributed by atoms with Gasteiger partial charge in [0.2, 0.25) is 5.91 Å². The van der Waals surface area contributed by atoms with Gasteiger partial charge in [-0.2, -0.15) is 0 Å². The van der Waals surface area contributed by atoms with E-state index in [9.17, 15) is 35.1 Å². The van der Waals surface area contributed by atoms with Gasteiger partial charge in [-0.1, -0.05) is 308 Å². The van der Waals surface area contributed by atoms with E-state index in [0.717, 1.165) is 51.4 Å². The summed E-state index contributed by atoms with van der Waals surface area (Å²) in [4.78, 5) is 25.1. The molecule has 0 saturated carbocycles. The van der Waals surface area contributed by atoms with Gasteiger partial charge < -0.3 is 45.1 Å². The Morgan fingerprint density at radius 1 is 0.439 bits per heavy atom. The lowest BCUT2D eigenvalue weighted by atomic mass is 9.99. The van der Waals surface area contributed by atoms with E-state index < -0.39 is 49.5 Å². The van der Waals surface area contributed by atoms with Crippen LogP contribution in [0.25, 0.3) is 0 Å². The molecule has 7 atom stereocenters. The minimum atomic E-state index is -1.57. The number of amides is 1. The van der Waals surface area contributed by atoms with Crippen molar-refractivity contribution in [3.8, 4) is 0 Å². The fraction of sp³-hybridized carbons (Fsp3) is 0.915. The van der Waals surface area contributed by atoms with Crippen LogP contribution in [-0.4, -0.2) is 100 Å². The fourth-order valence-corrected chi connectivity index (χ4v) is 11.4. The van der Waals surface area contributed by atoms with Crippen LogP contribution in [0, 0.1) is 0 Å². The number of rotatable bonds is 63. The van der Waals surface area contributed by atoms with E-state index >= 15 is 0 Å². The van der Waals surface area contributed by atoms with Crippen molar-refractivity contribution < 1.29 is 49.3 Å². The number of carbonyl (C=O) groups excluding carboxylic acids is 2. The topological polar surface area (TPSA) is 175 Å². The summed E-state index contributed by atoms with van der Waals surface area (Å²) >= 11 is 0. The molecule has 6 N–H and O–H groups in total. The molecule has 0 spiro atoms. The highest BCUT2D eigenvalue weighted by molar-refractivity contribution is 5.76. The molecule has 7 unspecified atom stereocenters. The third-order valence-electron chi connectivity index (χ3n) is 17.1. The highest BCUT2D eigenvalue weighted by Gasteiger charge is 2.44. The van der Waals surface area contributed by atoms with Crippen LogP contribution in [0.4, 0.5) is 0 Å². The van der Waals surface area contributed by atoms with Gasteiger partial charge in [-0.05, 0) is 57.8 Å². The molecule has 1 fully saturated rings. The SMILES string of the molecule is CCCCCCCCC/C=C/C(O)C(COC1OC(CO)C(O)C(O)C1O)NC(=O)CCCCCCCCCCCCCCCCCC/C=C\CCCCCCCCCCCCCCOC(=O)CCCCCCCCCCCCCCC. The van der Waals surface area contributed by atoms with Crippen molar-refractivity contribution in [2.24, 2.45) is 0 Å². The van der Waals surface area contributed by atoms with E-state index in [1.807, 2.05) is 6.08 Å². The van der Waals surface area contributed by atoms with Gasteiger partial charge in [0.25, 0.3) is 0 Å². The molecule has 1 amide bonds. The molecule has 0 aromatic heterocycles. The summed E-state index contributed by atoms with van der Waals surface area (Å²) in [6.07, 6.45) is 66.2. The molecule has 1 aliphatic heterocycles. The van der Waals surface area contributed by atoms with Gasteiger partial charge in [0.05, 0.1) is 32.0 Å². The summed E-state index contributed by atoms with van der Waals surface area (Å²) in [6.45, 7) is 4.35. The van der Waals surface area contributed by atoms with Crippen LogP contribution in [-0.2, 0) is 23.8 Å². The molecule has 0 aromatic carbocycles. The molecule has 0 aliphatic carbocycles. The number of aliphatic hydroxyl groups is 5. The summed E-state index contributed by atoms with van der Waals surface area (Å²) < 4.78 is 16.7. The molecule has 1 heterocycles. The second-order valence-electron chi connectivity index (χ2n) is 24.9. The first-order chi connectivity index (χ1) is 40.2. The smallest absolute Gasteiger partial charge is 0.305 e. The Labute approximate surface area is 505 Å². The molecule has 0 bridgehead atoms. The van der Waals surface area contributed by atoms with Gasteiger partial charge in [-0.15, -0.1) is 0 Å². The van der Waals surface area contributed by atoms with E-state index in [0.29, 0.717) is 19.4 Å². The highest BCUT2D eigenvalue weighted by atomic mass is 16.7. The maximum atomic E-state index is 13.0. The van der Waals surface area contributed by atoms with E-state index in [1.165, 1.54) is 276 Å². The van der Waals surface area contributed by atoms with Gasteiger partial charge in [0.1, 0.15) is 24.4 Å². The third kappa shape index (κ3) is 49.3. The van der Waals surface area contributed by atoms with Gasteiger partial charge in [-0.3, -0.25) is 9.59 Å². The van der Waals surface area contributed by atoms with Crippen molar-refractivity contribution in [2.45, 2.75) is 397 Å². The normalized spacial score (nSPS) is 18.3. The number of allylic oxidation sites excluding steroid dienone is 3. The van der Waals surface area contributed by atoms with Gasteiger partial charge in [-0.25, -0.2) is 0 Å². The van der Waals surface area contributed by atoms with Crippen molar-refractivity contribution in [3.63, 3.8) is 0 Å². The fourth-order valence-electron chi connectivity index (χ4n) is 11.4. The van der Waals surface area contributed by atoms with E-state index in [-0.39, 0.29) is 18.5 Å². The lowest BCUT2D eigenvalue weighted by Crippen LogP contribution is -2.60. The first-order valence-corrected chi connectivity index (χ1v) is 35.6. The number of hydrogen-bond donors (Lipinski definition) is 6. The maximum absolute atomic E-state index is 13.0. The predicted octanol–water partition coefficient (Wildman–Crippen LogP) is 18.0. The van der Waals surface area contributed by atoms with Crippen LogP contribution >= 0.6 is 0 Å². The number of esters is 1. The lowest BCUT2D eigenvalue weighted by Gasteiger charge is -2.40. The first kappa shape index (κ1) is 78.2. The Hall–Kier alpha value is -1.86. The van der Waals surface area contributed by atoms with Gasteiger partial charge >= 0.3 is 5.97 Å². The number of carbonyl (C=O) groups is 2. The zero-order valence-corrected chi connectivity index (χ0v) is 53.7. The number of nitrogens with one attached hydrogen (secondary N) is 1. The molecule has 484 valence electrons. The first-order valence-electron chi connectivity index (χ1n) is 35.6. The number of unbranched alkanes of at least 4 members (excludes halogenated alkanes) is 47. The quantitative estimate of drug-likeness (QED) is 0.0195. The minimum absolute atomic E-state index is 0.0126. The average Bonchev–Trinajstić information content (AvgIpc) is 3.49.